The summed E-state index contributed by atoms with van der Waals surface area (Å²) in [6.45, 7) is 7.43. The quantitative estimate of drug-likeness (QED) is 0.334. The molecule has 0 fully saturated rings. The van der Waals surface area contributed by atoms with E-state index in [1.807, 2.05) is 18.5 Å². The first-order chi connectivity index (χ1) is 12.6. The maximum Gasteiger partial charge on any atom is 0.192 e. The van der Waals surface area contributed by atoms with Gasteiger partial charge in [-0.3, -0.25) is 0 Å². The number of fused-ring (bicyclic) bond motifs is 1. The van der Waals surface area contributed by atoms with E-state index >= 15 is 0 Å². The van der Waals surface area contributed by atoms with Crippen molar-refractivity contribution in [3.05, 3.63) is 59.7 Å². The number of benzene rings is 2. The second-order valence-electron chi connectivity index (χ2n) is 6.35. The Labute approximate surface area is 177 Å². The summed E-state index contributed by atoms with van der Waals surface area (Å²) in [6, 6.07) is 15.0. The van der Waals surface area contributed by atoms with Crippen molar-refractivity contribution in [2.24, 2.45) is 12.0 Å². The molecule has 2 N–H and O–H groups in total. The fourth-order valence-electron chi connectivity index (χ4n) is 2.97. The van der Waals surface area contributed by atoms with Crippen LogP contribution in [0.3, 0.4) is 0 Å². The van der Waals surface area contributed by atoms with E-state index in [0.717, 1.165) is 24.2 Å². The largest absolute Gasteiger partial charge is 0.357 e. The second-order valence-corrected chi connectivity index (χ2v) is 6.35. The monoisotopic (exact) mass is 478 g/mol. The number of aromatic nitrogens is 3. The van der Waals surface area contributed by atoms with Gasteiger partial charge < -0.3 is 15.2 Å². The van der Waals surface area contributed by atoms with Gasteiger partial charge in [0.05, 0.1) is 6.04 Å². The first-order valence-corrected chi connectivity index (χ1v) is 8.97. The highest BCUT2D eigenvalue weighted by atomic mass is 127. The van der Waals surface area contributed by atoms with Crippen molar-refractivity contribution in [1.29, 1.82) is 0 Å². The lowest BCUT2D eigenvalue weighted by molar-refractivity contribution is 0.685. The average Bonchev–Trinajstić information content (AvgIpc) is 2.97. The lowest BCUT2D eigenvalue weighted by Crippen LogP contribution is -2.38. The summed E-state index contributed by atoms with van der Waals surface area (Å²) in [5.74, 6) is 2.50. The van der Waals surface area contributed by atoms with Crippen molar-refractivity contribution in [3.63, 3.8) is 0 Å². The van der Waals surface area contributed by atoms with Crippen LogP contribution in [-0.2, 0) is 13.6 Å². The normalized spacial score (nSPS) is 12.5. The molecule has 0 amide bonds. The van der Waals surface area contributed by atoms with E-state index in [9.17, 15) is 0 Å². The lowest BCUT2D eigenvalue weighted by atomic mass is 10.00. The minimum atomic E-state index is 0. The predicted molar refractivity (Wildman–Crippen MR) is 121 cm³/mol. The van der Waals surface area contributed by atoms with E-state index in [-0.39, 0.29) is 30.0 Å². The molecule has 0 saturated heterocycles. The predicted octanol–water partition coefficient (Wildman–Crippen LogP) is 3.71. The maximum absolute atomic E-state index is 4.67. The van der Waals surface area contributed by atoms with Crippen LogP contribution in [0.1, 0.15) is 37.1 Å². The standard InChI is InChI=1S/C20H26N6.HI/c1-5-21-20(22-13-19-25-24-15(3)26(19)4)23-14(2)17-12-8-10-16-9-6-7-11-18(16)17;/h6-12,14H,5,13H2,1-4H3,(H2,21,22,23);1H. The van der Waals surface area contributed by atoms with Gasteiger partial charge in [-0.25, -0.2) is 4.99 Å². The molecule has 0 radical (unpaired) electrons. The number of halogens is 1. The molecule has 1 aromatic heterocycles. The smallest absolute Gasteiger partial charge is 0.192 e. The molecular weight excluding hydrogens is 451 g/mol. The lowest BCUT2D eigenvalue weighted by Gasteiger charge is -2.19. The molecule has 0 spiro atoms. The van der Waals surface area contributed by atoms with Crippen molar-refractivity contribution in [2.75, 3.05) is 6.54 Å². The molecule has 2 aromatic carbocycles. The summed E-state index contributed by atoms with van der Waals surface area (Å²) < 4.78 is 1.96. The fourth-order valence-corrected chi connectivity index (χ4v) is 2.97. The van der Waals surface area contributed by atoms with Crippen molar-refractivity contribution in [1.82, 2.24) is 25.4 Å². The minimum Gasteiger partial charge on any atom is -0.357 e. The van der Waals surface area contributed by atoms with Crippen LogP contribution in [0.15, 0.2) is 47.5 Å². The maximum atomic E-state index is 4.67. The summed E-state index contributed by atoms with van der Waals surface area (Å²) in [4.78, 5) is 4.67. The number of hydrogen-bond donors (Lipinski definition) is 2. The Balaban J connectivity index is 0.00000261. The molecule has 0 aliphatic heterocycles. The summed E-state index contributed by atoms with van der Waals surface area (Å²) in [7, 11) is 1.96. The van der Waals surface area contributed by atoms with E-state index in [1.165, 1.54) is 16.3 Å². The van der Waals surface area contributed by atoms with Gasteiger partial charge in [0.25, 0.3) is 0 Å². The molecule has 27 heavy (non-hydrogen) atoms. The summed E-state index contributed by atoms with van der Waals surface area (Å²) >= 11 is 0. The number of hydrogen-bond acceptors (Lipinski definition) is 3. The van der Waals surface area contributed by atoms with Gasteiger partial charge >= 0.3 is 0 Å². The third kappa shape index (κ3) is 4.97. The van der Waals surface area contributed by atoms with Crippen LogP contribution in [0.4, 0.5) is 0 Å². The van der Waals surface area contributed by atoms with Gasteiger partial charge in [0.1, 0.15) is 12.4 Å². The molecule has 6 nitrogen and oxygen atoms in total. The third-order valence-corrected chi connectivity index (χ3v) is 4.55. The number of guanidine groups is 1. The zero-order chi connectivity index (χ0) is 18.5. The number of rotatable bonds is 5. The topological polar surface area (TPSA) is 67.1 Å². The molecule has 0 bridgehead atoms. The van der Waals surface area contributed by atoms with E-state index < -0.39 is 0 Å². The Kier molecular flexibility index (Phi) is 7.58. The molecule has 0 aliphatic carbocycles. The summed E-state index contributed by atoms with van der Waals surface area (Å²) in [5, 5.41) is 17.6. The van der Waals surface area contributed by atoms with Crippen LogP contribution in [-0.4, -0.2) is 27.3 Å². The van der Waals surface area contributed by atoms with Crippen LogP contribution in [0, 0.1) is 6.92 Å². The molecule has 1 atom stereocenters. The summed E-state index contributed by atoms with van der Waals surface area (Å²) in [5.41, 5.74) is 1.25. The molecule has 3 rings (SSSR count). The van der Waals surface area contributed by atoms with Crippen LogP contribution in [0.5, 0.6) is 0 Å². The van der Waals surface area contributed by atoms with Crippen LogP contribution in [0.2, 0.25) is 0 Å². The Morgan fingerprint density at radius 3 is 2.59 bits per heavy atom. The van der Waals surface area contributed by atoms with Crippen molar-refractivity contribution < 1.29 is 0 Å². The average molecular weight is 478 g/mol. The van der Waals surface area contributed by atoms with Crippen molar-refractivity contribution >= 4 is 40.7 Å². The molecule has 1 unspecified atom stereocenters. The first-order valence-electron chi connectivity index (χ1n) is 8.97. The molecule has 144 valence electrons. The molecule has 0 saturated carbocycles. The van der Waals surface area contributed by atoms with Crippen molar-refractivity contribution in [3.8, 4) is 0 Å². The van der Waals surface area contributed by atoms with Crippen molar-refractivity contribution in [2.45, 2.75) is 33.4 Å². The van der Waals surface area contributed by atoms with E-state index in [1.54, 1.807) is 0 Å². The highest BCUT2D eigenvalue weighted by molar-refractivity contribution is 14.0. The van der Waals surface area contributed by atoms with Gasteiger partial charge in [0.2, 0.25) is 0 Å². The van der Waals surface area contributed by atoms with Crippen LogP contribution < -0.4 is 10.6 Å². The fraction of sp³-hybridized carbons (Fsp3) is 0.350. The zero-order valence-electron chi connectivity index (χ0n) is 16.2. The third-order valence-electron chi connectivity index (χ3n) is 4.55. The molecule has 1 heterocycles. The van der Waals surface area contributed by atoms with Gasteiger partial charge in [-0.15, -0.1) is 34.2 Å². The van der Waals surface area contributed by atoms with Gasteiger partial charge in [-0.05, 0) is 37.1 Å². The Hall–Kier alpha value is -2.16. The Morgan fingerprint density at radius 2 is 1.89 bits per heavy atom. The highest BCUT2D eigenvalue weighted by Gasteiger charge is 2.11. The molecule has 0 aliphatic rings. The molecule has 7 heteroatoms. The minimum absolute atomic E-state index is 0. The van der Waals surface area contributed by atoms with Crippen LogP contribution in [0.25, 0.3) is 10.8 Å². The number of aryl methyl sites for hydroxylation is 1. The Morgan fingerprint density at radius 1 is 1.15 bits per heavy atom. The van der Waals surface area contributed by atoms with Gasteiger partial charge in [-0.1, -0.05) is 42.5 Å². The highest BCUT2D eigenvalue weighted by Crippen LogP contribution is 2.23. The number of nitrogens with one attached hydrogen (secondary N) is 2. The SMILES string of the molecule is CCNC(=NCc1nnc(C)n1C)NC(C)c1cccc2ccccc12.I. The van der Waals surface area contributed by atoms with E-state index in [2.05, 4.69) is 82.1 Å². The Bertz CT molecular complexity index is 912. The van der Waals surface area contributed by atoms with Gasteiger partial charge in [0, 0.05) is 13.6 Å². The summed E-state index contributed by atoms with van der Waals surface area (Å²) in [6.07, 6.45) is 0. The van der Waals surface area contributed by atoms with Crippen LogP contribution >= 0.6 is 24.0 Å². The number of aliphatic imine (C=N–C) groups is 1. The van der Waals surface area contributed by atoms with E-state index in [0.29, 0.717) is 6.54 Å². The molecule has 3 aromatic rings. The second kappa shape index (κ2) is 9.68. The van der Waals surface area contributed by atoms with Gasteiger partial charge in [0.15, 0.2) is 11.8 Å². The van der Waals surface area contributed by atoms with Gasteiger partial charge in [-0.2, -0.15) is 0 Å². The zero-order valence-corrected chi connectivity index (χ0v) is 18.6. The first kappa shape index (κ1) is 21.1. The number of nitrogens with zero attached hydrogens (tertiary/aromatic N) is 4. The molecular formula is C20H27IN6. The van der Waals surface area contributed by atoms with E-state index in [4.69, 9.17) is 0 Å².